The molecule has 0 atom stereocenters. The van der Waals surface area contributed by atoms with E-state index in [9.17, 15) is 4.79 Å². The van der Waals surface area contributed by atoms with Crippen LogP contribution >= 0.6 is 11.3 Å². The van der Waals surface area contributed by atoms with Gasteiger partial charge in [-0.15, -0.1) is 11.3 Å². The van der Waals surface area contributed by atoms with E-state index in [1.807, 2.05) is 61.7 Å². The smallest absolute Gasteiger partial charge is 0.344 e. The normalized spacial score (nSPS) is 10.4. The average Bonchev–Trinajstić information content (AvgIpc) is 3.06. The third kappa shape index (κ3) is 5.32. The van der Waals surface area contributed by atoms with Crippen LogP contribution in [0.5, 0.6) is 5.75 Å². The zero-order valence-electron chi connectivity index (χ0n) is 14.7. The minimum Gasteiger partial charge on any atom is -0.482 e. The van der Waals surface area contributed by atoms with Gasteiger partial charge in [0.05, 0.1) is 5.69 Å². The molecule has 0 fully saturated rings. The lowest BCUT2D eigenvalue weighted by Gasteiger charge is -2.08. The quantitative estimate of drug-likeness (QED) is 0.616. The van der Waals surface area contributed by atoms with Crippen molar-refractivity contribution in [1.29, 1.82) is 0 Å². The molecule has 134 valence electrons. The number of rotatable bonds is 7. The average molecular weight is 368 g/mol. The minimum atomic E-state index is -0.422. The van der Waals surface area contributed by atoms with Crippen molar-refractivity contribution in [2.24, 2.45) is 0 Å². The number of aromatic nitrogens is 1. The molecule has 0 aliphatic heterocycles. The third-order valence-corrected chi connectivity index (χ3v) is 4.32. The number of hydrogen-bond acceptors (Lipinski definition) is 6. The Balaban J connectivity index is 1.46. The Morgan fingerprint density at radius 2 is 1.85 bits per heavy atom. The van der Waals surface area contributed by atoms with Gasteiger partial charge in [0.2, 0.25) is 0 Å². The van der Waals surface area contributed by atoms with Crippen molar-refractivity contribution in [3.05, 3.63) is 70.7 Å². The molecule has 26 heavy (non-hydrogen) atoms. The molecular weight excluding hydrogens is 348 g/mol. The Labute approximate surface area is 156 Å². The summed E-state index contributed by atoms with van der Waals surface area (Å²) in [5.74, 6) is 0.247. The molecule has 2 aromatic carbocycles. The molecule has 0 unspecified atom stereocenters. The van der Waals surface area contributed by atoms with E-state index in [0.717, 1.165) is 21.9 Å². The van der Waals surface area contributed by atoms with E-state index in [4.69, 9.17) is 9.47 Å². The number of aryl methyl sites for hydroxylation is 2. The second kappa shape index (κ2) is 8.49. The van der Waals surface area contributed by atoms with E-state index in [1.54, 1.807) is 0 Å². The number of anilines is 2. The van der Waals surface area contributed by atoms with Crippen LogP contribution in [0.4, 0.5) is 10.8 Å². The second-order valence-corrected chi connectivity index (χ2v) is 6.77. The molecule has 6 heteroatoms. The van der Waals surface area contributed by atoms with Crippen molar-refractivity contribution in [3.8, 4) is 5.75 Å². The van der Waals surface area contributed by atoms with E-state index < -0.39 is 5.97 Å². The molecule has 0 spiro atoms. The van der Waals surface area contributed by atoms with Crippen LogP contribution in [0.1, 0.15) is 16.8 Å². The molecule has 1 N–H and O–H groups in total. The number of hydrogen-bond donors (Lipinski definition) is 1. The fourth-order valence-corrected chi connectivity index (χ4v) is 3.15. The number of benzene rings is 2. The number of nitrogens with one attached hydrogen (secondary N) is 1. The van der Waals surface area contributed by atoms with Crippen LogP contribution in [0.2, 0.25) is 0 Å². The maximum atomic E-state index is 11.9. The van der Waals surface area contributed by atoms with Gasteiger partial charge < -0.3 is 14.8 Å². The van der Waals surface area contributed by atoms with E-state index in [-0.39, 0.29) is 13.2 Å². The van der Waals surface area contributed by atoms with Gasteiger partial charge in [0, 0.05) is 11.1 Å². The van der Waals surface area contributed by atoms with Crippen molar-refractivity contribution in [3.63, 3.8) is 0 Å². The van der Waals surface area contributed by atoms with Crippen molar-refractivity contribution in [1.82, 2.24) is 4.98 Å². The number of carbonyl (C=O) groups is 1. The Kier molecular flexibility index (Phi) is 5.86. The summed E-state index contributed by atoms with van der Waals surface area (Å²) in [6.07, 6.45) is 0. The molecule has 0 aliphatic rings. The van der Waals surface area contributed by atoms with Gasteiger partial charge >= 0.3 is 5.97 Å². The molecule has 0 aliphatic carbocycles. The first-order valence-electron chi connectivity index (χ1n) is 8.22. The lowest BCUT2D eigenvalue weighted by Crippen LogP contribution is -2.15. The standard InChI is InChI=1S/C20H20N2O3S/c1-14-8-15(2)10-18(9-14)24-12-19(23)25-11-17-13-26-20(22-17)21-16-6-4-3-5-7-16/h3-10,13H,11-12H2,1-2H3,(H,21,22). The van der Waals surface area contributed by atoms with Gasteiger partial charge in [-0.3, -0.25) is 0 Å². The van der Waals surface area contributed by atoms with Gasteiger partial charge in [-0.2, -0.15) is 0 Å². The predicted octanol–water partition coefficient (Wildman–Crippen LogP) is 4.63. The van der Waals surface area contributed by atoms with Crippen molar-refractivity contribution in [2.45, 2.75) is 20.5 Å². The molecule has 0 bridgehead atoms. The zero-order chi connectivity index (χ0) is 18.4. The summed E-state index contributed by atoms with van der Waals surface area (Å²) in [6, 6.07) is 15.6. The SMILES string of the molecule is Cc1cc(C)cc(OCC(=O)OCc2csc(Nc3ccccc3)n2)c1. The monoisotopic (exact) mass is 368 g/mol. The first-order chi connectivity index (χ1) is 12.6. The van der Waals surface area contributed by atoms with Gasteiger partial charge in [-0.05, 0) is 49.2 Å². The lowest BCUT2D eigenvalue weighted by molar-refractivity contribution is -0.147. The lowest BCUT2D eigenvalue weighted by atomic mass is 10.1. The van der Waals surface area contributed by atoms with Gasteiger partial charge in [0.1, 0.15) is 12.4 Å². The molecule has 1 heterocycles. The Hall–Kier alpha value is -2.86. The topological polar surface area (TPSA) is 60.5 Å². The van der Waals surface area contributed by atoms with E-state index >= 15 is 0 Å². The third-order valence-electron chi connectivity index (χ3n) is 3.51. The van der Waals surface area contributed by atoms with E-state index in [1.165, 1.54) is 11.3 Å². The molecule has 0 saturated heterocycles. The molecule has 0 amide bonds. The largest absolute Gasteiger partial charge is 0.482 e. The van der Waals surface area contributed by atoms with Crippen molar-refractivity contribution in [2.75, 3.05) is 11.9 Å². The fraction of sp³-hybridized carbons (Fsp3) is 0.200. The van der Waals surface area contributed by atoms with Crippen LogP contribution in [0.25, 0.3) is 0 Å². The van der Waals surface area contributed by atoms with Crippen LogP contribution in [0.3, 0.4) is 0 Å². The predicted molar refractivity (Wildman–Crippen MR) is 103 cm³/mol. The summed E-state index contributed by atoms with van der Waals surface area (Å²) >= 11 is 1.46. The van der Waals surface area contributed by atoms with E-state index in [0.29, 0.717) is 11.4 Å². The summed E-state index contributed by atoms with van der Waals surface area (Å²) < 4.78 is 10.7. The second-order valence-electron chi connectivity index (χ2n) is 5.91. The summed E-state index contributed by atoms with van der Waals surface area (Å²) in [5.41, 5.74) is 3.85. The highest BCUT2D eigenvalue weighted by molar-refractivity contribution is 7.13. The van der Waals surface area contributed by atoms with Gasteiger partial charge in [0.25, 0.3) is 0 Å². The van der Waals surface area contributed by atoms with Gasteiger partial charge in [0.15, 0.2) is 11.7 Å². The molecule has 0 saturated carbocycles. The maximum Gasteiger partial charge on any atom is 0.344 e. The number of carbonyl (C=O) groups excluding carboxylic acids is 1. The number of ether oxygens (including phenoxy) is 2. The van der Waals surface area contributed by atoms with Gasteiger partial charge in [-0.25, -0.2) is 9.78 Å². The Morgan fingerprint density at radius 3 is 2.58 bits per heavy atom. The first-order valence-corrected chi connectivity index (χ1v) is 9.09. The van der Waals surface area contributed by atoms with Crippen LogP contribution in [0, 0.1) is 13.8 Å². The summed E-state index contributed by atoms with van der Waals surface area (Å²) in [7, 11) is 0. The molecule has 5 nitrogen and oxygen atoms in total. The Morgan fingerprint density at radius 1 is 1.12 bits per heavy atom. The molecule has 3 rings (SSSR count). The first kappa shape index (κ1) is 17.9. The minimum absolute atomic E-state index is 0.123. The maximum absolute atomic E-state index is 11.9. The molecule has 1 aromatic heterocycles. The number of esters is 1. The fourth-order valence-electron chi connectivity index (χ4n) is 2.43. The number of para-hydroxylation sites is 1. The van der Waals surface area contributed by atoms with Crippen molar-refractivity contribution >= 4 is 28.1 Å². The summed E-state index contributed by atoms with van der Waals surface area (Å²) in [6.45, 7) is 3.98. The number of nitrogens with zero attached hydrogens (tertiary/aromatic N) is 1. The van der Waals surface area contributed by atoms with Crippen molar-refractivity contribution < 1.29 is 14.3 Å². The summed E-state index contributed by atoms with van der Waals surface area (Å²) in [4.78, 5) is 16.3. The Bertz CT molecular complexity index is 858. The number of thiazole rings is 1. The zero-order valence-corrected chi connectivity index (χ0v) is 15.5. The van der Waals surface area contributed by atoms with E-state index in [2.05, 4.69) is 16.4 Å². The highest BCUT2D eigenvalue weighted by atomic mass is 32.1. The van der Waals surface area contributed by atoms with Crippen LogP contribution in [0.15, 0.2) is 53.9 Å². The molecular formula is C20H20N2O3S. The van der Waals surface area contributed by atoms with Crippen LogP contribution in [-0.2, 0) is 16.1 Å². The highest BCUT2D eigenvalue weighted by Crippen LogP contribution is 2.21. The van der Waals surface area contributed by atoms with Gasteiger partial charge in [-0.1, -0.05) is 24.3 Å². The molecule has 3 aromatic rings. The molecule has 0 radical (unpaired) electrons. The van der Waals surface area contributed by atoms with Crippen LogP contribution < -0.4 is 10.1 Å². The summed E-state index contributed by atoms with van der Waals surface area (Å²) in [5, 5.41) is 5.83. The van der Waals surface area contributed by atoms with Crippen LogP contribution in [-0.4, -0.2) is 17.6 Å². The highest BCUT2D eigenvalue weighted by Gasteiger charge is 2.08.